The molecular weight excluding hydrogens is 412 g/mol. The molecule has 1 aromatic carbocycles. The minimum Gasteiger partial charge on any atom is -0.323 e. The number of rotatable bonds is 16. The second-order valence-corrected chi connectivity index (χ2v) is 11.1. The van der Waals surface area contributed by atoms with Crippen molar-refractivity contribution >= 4 is 21.4 Å². The summed E-state index contributed by atoms with van der Waals surface area (Å²) < 4.78 is 28.2. The highest BCUT2D eigenvalue weighted by Crippen LogP contribution is 2.27. The van der Waals surface area contributed by atoms with Crippen molar-refractivity contribution in [2.45, 2.75) is 87.8 Å². The van der Waals surface area contributed by atoms with Crippen LogP contribution < -0.4 is 10.5 Å². The molecule has 4 nitrogen and oxygen atoms in total. The molecule has 168 valence electrons. The predicted octanol–water partition coefficient (Wildman–Crippen LogP) is 6.19. The van der Waals surface area contributed by atoms with Gasteiger partial charge in [0, 0.05) is 17.5 Å². The largest absolute Gasteiger partial charge is 0.323 e. The van der Waals surface area contributed by atoms with E-state index >= 15 is 0 Å². The molecule has 2 aromatic rings. The van der Waals surface area contributed by atoms with E-state index in [-0.39, 0.29) is 6.04 Å². The van der Waals surface area contributed by atoms with Gasteiger partial charge in [-0.2, -0.15) is 0 Å². The summed E-state index contributed by atoms with van der Waals surface area (Å²) in [5, 5.41) is 0. The molecule has 3 N–H and O–H groups in total. The monoisotopic (exact) mass is 450 g/mol. The Labute approximate surface area is 187 Å². The molecular formula is C24H38N2O2S2. The quantitative estimate of drug-likeness (QED) is 0.299. The third kappa shape index (κ3) is 9.29. The fourth-order valence-corrected chi connectivity index (χ4v) is 5.98. The molecule has 1 aromatic heterocycles. The lowest BCUT2D eigenvalue weighted by atomic mass is 10.1. The molecule has 1 unspecified atom stereocenters. The first-order valence-electron chi connectivity index (χ1n) is 11.4. The van der Waals surface area contributed by atoms with E-state index in [0.29, 0.717) is 17.2 Å². The Morgan fingerprint density at radius 2 is 1.47 bits per heavy atom. The Hall–Kier alpha value is -1.21. The van der Waals surface area contributed by atoms with Crippen LogP contribution in [0.5, 0.6) is 0 Å². The molecule has 30 heavy (non-hydrogen) atoms. The maximum absolute atomic E-state index is 12.5. The van der Waals surface area contributed by atoms with Gasteiger partial charge in [-0.3, -0.25) is 0 Å². The Morgan fingerprint density at radius 3 is 2.10 bits per heavy atom. The number of nitrogens with two attached hydrogens (primary N) is 1. The number of hydrogen-bond donors (Lipinski definition) is 2. The van der Waals surface area contributed by atoms with E-state index in [9.17, 15) is 8.42 Å². The van der Waals surface area contributed by atoms with E-state index in [1.54, 1.807) is 6.07 Å². The van der Waals surface area contributed by atoms with E-state index < -0.39 is 10.0 Å². The zero-order valence-corrected chi connectivity index (χ0v) is 19.9. The molecule has 0 aliphatic carbocycles. The third-order valence-corrected chi connectivity index (χ3v) is 8.52. The highest BCUT2D eigenvalue weighted by atomic mass is 32.2. The van der Waals surface area contributed by atoms with E-state index in [1.165, 1.54) is 62.7 Å². The van der Waals surface area contributed by atoms with Gasteiger partial charge in [0.05, 0.1) is 0 Å². The van der Waals surface area contributed by atoms with Gasteiger partial charge in [-0.1, -0.05) is 95.0 Å². The summed E-state index contributed by atoms with van der Waals surface area (Å²) in [6, 6.07) is 13.4. The van der Waals surface area contributed by atoms with Crippen LogP contribution in [0.25, 0.3) is 0 Å². The Kier molecular flexibility index (Phi) is 11.7. The number of benzene rings is 1. The van der Waals surface area contributed by atoms with Gasteiger partial charge in [-0.15, -0.1) is 11.3 Å². The summed E-state index contributed by atoms with van der Waals surface area (Å²) in [4.78, 5) is 0.901. The average molecular weight is 451 g/mol. The van der Waals surface area contributed by atoms with Crippen molar-refractivity contribution in [3.63, 3.8) is 0 Å². The zero-order valence-electron chi connectivity index (χ0n) is 18.3. The van der Waals surface area contributed by atoms with E-state index in [2.05, 4.69) is 11.6 Å². The van der Waals surface area contributed by atoms with Gasteiger partial charge in [-0.25, -0.2) is 13.1 Å². The molecule has 0 fully saturated rings. The Balaban J connectivity index is 1.65. The standard InChI is InChI=1S/C24H38N2O2S2/c1-2-3-4-5-6-7-8-9-10-14-19-26-30(27,28)24-18-17-23(29-24)22(25)20-21-15-12-11-13-16-21/h11-13,15-18,22,26H,2-10,14,19-20,25H2,1H3. The molecule has 1 atom stereocenters. The van der Waals surface area contributed by atoms with Crippen LogP contribution in [0, 0.1) is 0 Å². The van der Waals surface area contributed by atoms with Gasteiger partial charge in [0.25, 0.3) is 0 Å². The average Bonchev–Trinajstić information content (AvgIpc) is 3.24. The Morgan fingerprint density at radius 1 is 0.867 bits per heavy atom. The lowest BCUT2D eigenvalue weighted by molar-refractivity contribution is 0.549. The molecule has 0 spiro atoms. The smallest absolute Gasteiger partial charge is 0.250 e. The summed E-state index contributed by atoms with van der Waals surface area (Å²) in [7, 11) is -3.44. The fraction of sp³-hybridized carbons (Fsp3) is 0.583. The van der Waals surface area contributed by atoms with Crippen molar-refractivity contribution in [2.75, 3.05) is 6.54 Å². The highest BCUT2D eigenvalue weighted by Gasteiger charge is 2.18. The third-order valence-electron chi connectivity index (χ3n) is 5.35. The van der Waals surface area contributed by atoms with Crippen molar-refractivity contribution in [1.82, 2.24) is 4.72 Å². The highest BCUT2D eigenvalue weighted by molar-refractivity contribution is 7.91. The summed E-state index contributed by atoms with van der Waals surface area (Å²) in [5.41, 5.74) is 7.45. The van der Waals surface area contributed by atoms with E-state index in [4.69, 9.17) is 5.73 Å². The van der Waals surface area contributed by atoms with Crippen LogP contribution in [0.1, 0.15) is 87.6 Å². The number of thiophene rings is 1. The molecule has 0 aliphatic rings. The van der Waals surface area contributed by atoms with Crippen molar-refractivity contribution in [2.24, 2.45) is 5.73 Å². The second-order valence-electron chi connectivity index (χ2n) is 8.03. The number of nitrogens with one attached hydrogen (secondary N) is 1. The van der Waals surface area contributed by atoms with Gasteiger partial charge in [0.2, 0.25) is 10.0 Å². The Bertz CT molecular complexity index is 804. The summed E-state index contributed by atoms with van der Waals surface area (Å²) in [5.74, 6) is 0. The molecule has 0 bridgehead atoms. The van der Waals surface area contributed by atoms with Crippen LogP contribution in [0.4, 0.5) is 0 Å². The molecule has 0 radical (unpaired) electrons. The lowest BCUT2D eigenvalue weighted by Gasteiger charge is -2.09. The van der Waals surface area contributed by atoms with Crippen molar-refractivity contribution in [3.05, 3.63) is 52.9 Å². The molecule has 0 saturated carbocycles. The minimum atomic E-state index is -3.44. The van der Waals surface area contributed by atoms with Gasteiger partial charge in [-0.05, 0) is 30.5 Å². The molecule has 2 rings (SSSR count). The normalized spacial score (nSPS) is 12.9. The maximum Gasteiger partial charge on any atom is 0.250 e. The molecule has 1 heterocycles. The van der Waals surface area contributed by atoms with Crippen molar-refractivity contribution < 1.29 is 8.42 Å². The van der Waals surface area contributed by atoms with Crippen LogP contribution in [-0.2, 0) is 16.4 Å². The second kappa shape index (κ2) is 14.0. The van der Waals surface area contributed by atoms with Crippen LogP contribution in [0.2, 0.25) is 0 Å². The van der Waals surface area contributed by atoms with Crippen LogP contribution in [-0.4, -0.2) is 15.0 Å². The zero-order chi connectivity index (χ0) is 21.7. The number of unbranched alkanes of at least 4 members (excludes halogenated alkanes) is 9. The van der Waals surface area contributed by atoms with Gasteiger partial charge >= 0.3 is 0 Å². The molecule has 0 aliphatic heterocycles. The first-order chi connectivity index (χ1) is 14.5. The lowest BCUT2D eigenvalue weighted by Crippen LogP contribution is -2.24. The topological polar surface area (TPSA) is 72.2 Å². The van der Waals surface area contributed by atoms with Crippen LogP contribution in [0.15, 0.2) is 46.7 Å². The summed E-state index contributed by atoms with van der Waals surface area (Å²) in [6.45, 7) is 2.74. The van der Waals surface area contributed by atoms with Crippen molar-refractivity contribution in [1.29, 1.82) is 0 Å². The maximum atomic E-state index is 12.5. The summed E-state index contributed by atoms with van der Waals surface area (Å²) >= 11 is 1.27. The fourth-order valence-electron chi connectivity index (χ4n) is 3.54. The van der Waals surface area contributed by atoms with E-state index in [0.717, 1.165) is 23.3 Å². The summed E-state index contributed by atoms with van der Waals surface area (Å²) in [6.07, 6.45) is 13.1. The SMILES string of the molecule is CCCCCCCCCCCCNS(=O)(=O)c1ccc(C(N)Cc2ccccc2)s1. The van der Waals surface area contributed by atoms with Crippen LogP contribution >= 0.6 is 11.3 Å². The van der Waals surface area contributed by atoms with Gasteiger partial charge in [0.1, 0.15) is 4.21 Å². The minimum absolute atomic E-state index is 0.191. The van der Waals surface area contributed by atoms with Crippen LogP contribution in [0.3, 0.4) is 0 Å². The molecule has 6 heteroatoms. The number of hydrogen-bond acceptors (Lipinski definition) is 4. The number of sulfonamides is 1. The van der Waals surface area contributed by atoms with Crippen molar-refractivity contribution in [3.8, 4) is 0 Å². The first kappa shape index (κ1) is 25.1. The molecule has 0 amide bonds. The predicted molar refractivity (Wildman–Crippen MR) is 128 cm³/mol. The first-order valence-corrected chi connectivity index (χ1v) is 13.7. The van der Waals surface area contributed by atoms with E-state index in [1.807, 2.05) is 36.4 Å². The van der Waals surface area contributed by atoms with Gasteiger partial charge < -0.3 is 5.73 Å². The molecule has 0 saturated heterocycles. The van der Waals surface area contributed by atoms with Gasteiger partial charge in [0.15, 0.2) is 0 Å².